The van der Waals surface area contributed by atoms with Gasteiger partial charge in [0.2, 0.25) is 0 Å². The molecule has 0 radical (unpaired) electrons. The standard InChI is InChI=1S/C15H12BrClO3/c1-19-14-5-2-10(8-18)6-11(14)9-20-15-7-12(16)3-4-13(15)17/h2-8H,9H2,1H3. The molecular weight excluding hydrogens is 344 g/mol. The van der Waals surface area contributed by atoms with Crippen LogP contribution in [0.25, 0.3) is 0 Å². The smallest absolute Gasteiger partial charge is 0.150 e. The molecule has 0 fully saturated rings. The van der Waals surface area contributed by atoms with Gasteiger partial charge >= 0.3 is 0 Å². The molecule has 2 rings (SSSR count). The number of halogens is 2. The molecule has 20 heavy (non-hydrogen) atoms. The Bertz CT molecular complexity index is 629. The van der Waals surface area contributed by atoms with Gasteiger partial charge in [0.15, 0.2) is 0 Å². The largest absolute Gasteiger partial charge is 0.496 e. The Hall–Kier alpha value is -1.52. The minimum atomic E-state index is 0.265. The van der Waals surface area contributed by atoms with Gasteiger partial charge in [0.1, 0.15) is 24.4 Å². The van der Waals surface area contributed by atoms with Gasteiger partial charge in [-0.05, 0) is 36.4 Å². The fourth-order valence-corrected chi connectivity index (χ4v) is 2.24. The van der Waals surface area contributed by atoms with Gasteiger partial charge < -0.3 is 9.47 Å². The van der Waals surface area contributed by atoms with Gasteiger partial charge in [0.05, 0.1) is 12.1 Å². The van der Waals surface area contributed by atoms with Crippen LogP contribution in [0.3, 0.4) is 0 Å². The number of hydrogen-bond donors (Lipinski definition) is 0. The van der Waals surface area contributed by atoms with E-state index in [2.05, 4.69) is 15.9 Å². The van der Waals surface area contributed by atoms with Crippen LogP contribution in [0.1, 0.15) is 15.9 Å². The summed E-state index contributed by atoms with van der Waals surface area (Å²) < 4.78 is 11.8. The quantitative estimate of drug-likeness (QED) is 0.741. The van der Waals surface area contributed by atoms with E-state index in [1.807, 2.05) is 6.07 Å². The van der Waals surface area contributed by atoms with Crippen LogP contribution in [-0.2, 0) is 6.61 Å². The third kappa shape index (κ3) is 3.52. The molecule has 0 aliphatic heterocycles. The summed E-state index contributed by atoms with van der Waals surface area (Å²) >= 11 is 9.43. The highest BCUT2D eigenvalue weighted by molar-refractivity contribution is 9.10. The summed E-state index contributed by atoms with van der Waals surface area (Å²) in [7, 11) is 1.57. The van der Waals surface area contributed by atoms with Crippen LogP contribution in [0.5, 0.6) is 11.5 Å². The topological polar surface area (TPSA) is 35.5 Å². The van der Waals surface area contributed by atoms with E-state index in [1.54, 1.807) is 37.4 Å². The third-order valence-electron chi connectivity index (χ3n) is 2.72. The summed E-state index contributed by atoms with van der Waals surface area (Å²) in [5.41, 5.74) is 1.36. The Morgan fingerprint density at radius 1 is 1.20 bits per heavy atom. The molecule has 0 unspecified atom stereocenters. The van der Waals surface area contributed by atoms with Crippen LogP contribution in [0.2, 0.25) is 5.02 Å². The fraction of sp³-hybridized carbons (Fsp3) is 0.133. The van der Waals surface area contributed by atoms with Gasteiger partial charge in [-0.25, -0.2) is 0 Å². The molecule has 3 nitrogen and oxygen atoms in total. The van der Waals surface area contributed by atoms with Gasteiger partial charge in [-0.2, -0.15) is 0 Å². The number of rotatable bonds is 5. The van der Waals surface area contributed by atoms with Crippen molar-refractivity contribution in [1.82, 2.24) is 0 Å². The lowest BCUT2D eigenvalue weighted by molar-refractivity contribution is 0.112. The Morgan fingerprint density at radius 2 is 2.00 bits per heavy atom. The predicted molar refractivity (Wildman–Crippen MR) is 81.9 cm³/mol. The molecule has 0 N–H and O–H groups in total. The maximum Gasteiger partial charge on any atom is 0.150 e. The molecule has 0 spiro atoms. The van der Waals surface area contributed by atoms with Gasteiger partial charge in [0, 0.05) is 15.6 Å². The second kappa shape index (κ2) is 6.77. The predicted octanol–water partition coefficient (Wildman–Crippen LogP) is 4.50. The number of methoxy groups -OCH3 is 1. The van der Waals surface area contributed by atoms with E-state index in [9.17, 15) is 4.79 Å². The molecule has 0 aliphatic carbocycles. The SMILES string of the molecule is COc1ccc(C=O)cc1COc1cc(Br)ccc1Cl. The first-order chi connectivity index (χ1) is 9.63. The van der Waals surface area contributed by atoms with Crippen molar-refractivity contribution in [2.24, 2.45) is 0 Å². The highest BCUT2D eigenvalue weighted by Gasteiger charge is 2.08. The summed E-state index contributed by atoms with van der Waals surface area (Å²) in [6, 6.07) is 10.5. The van der Waals surface area contributed by atoms with Crippen molar-refractivity contribution in [2.45, 2.75) is 6.61 Å². The molecule has 0 amide bonds. The zero-order chi connectivity index (χ0) is 14.5. The van der Waals surface area contributed by atoms with Crippen LogP contribution in [0.4, 0.5) is 0 Å². The summed E-state index contributed by atoms with van der Waals surface area (Å²) in [5, 5.41) is 0.527. The minimum Gasteiger partial charge on any atom is -0.496 e. The van der Waals surface area contributed by atoms with Crippen LogP contribution >= 0.6 is 27.5 Å². The van der Waals surface area contributed by atoms with Crippen molar-refractivity contribution in [3.8, 4) is 11.5 Å². The summed E-state index contributed by atoms with van der Waals surface area (Å²) in [6.07, 6.45) is 0.787. The third-order valence-corrected chi connectivity index (χ3v) is 3.52. The molecule has 0 heterocycles. The van der Waals surface area contributed by atoms with Crippen LogP contribution < -0.4 is 9.47 Å². The Labute approximate surface area is 130 Å². The molecule has 0 aromatic heterocycles. The normalized spacial score (nSPS) is 10.2. The van der Waals surface area contributed by atoms with Crippen molar-refractivity contribution >= 4 is 33.8 Å². The monoisotopic (exact) mass is 354 g/mol. The number of aldehydes is 1. The molecule has 0 saturated carbocycles. The number of benzene rings is 2. The molecule has 0 atom stereocenters. The van der Waals surface area contributed by atoms with Crippen molar-refractivity contribution in [3.05, 3.63) is 57.0 Å². The van der Waals surface area contributed by atoms with E-state index < -0.39 is 0 Å². The highest BCUT2D eigenvalue weighted by atomic mass is 79.9. The maximum absolute atomic E-state index is 10.8. The lowest BCUT2D eigenvalue weighted by Gasteiger charge is -2.12. The van der Waals surface area contributed by atoms with Crippen LogP contribution in [0, 0.1) is 0 Å². The Morgan fingerprint density at radius 3 is 2.70 bits per heavy atom. The van der Waals surface area contributed by atoms with Crippen molar-refractivity contribution < 1.29 is 14.3 Å². The van der Waals surface area contributed by atoms with Crippen LogP contribution in [-0.4, -0.2) is 13.4 Å². The number of carbonyl (C=O) groups excluding carboxylic acids is 1. The first-order valence-electron chi connectivity index (χ1n) is 5.84. The number of carbonyl (C=O) groups is 1. The second-order valence-corrected chi connectivity index (χ2v) is 5.38. The summed E-state index contributed by atoms with van der Waals surface area (Å²) in [5.74, 6) is 1.24. The molecule has 2 aromatic rings. The molecule has 0 bridgehead atoms. The maximum atomic E-state index is 10.8. The van der Waals surface area contributed by atoms with Gasteiger partial charge in [0.25, 0.3) is 0 Å². The van der Waals surface area contributed by atoms with E-state index in [-0.39, 0.29) is 6.61 Å². The molecule has 2 aromatic carbocycles. The number of hydrogen-bond acceptors (Lipinski definition) is 3. The lowest BCUT2D eigenvalue weighted by atomic mass is 10.1. The van der Waals surface area contributed by atoms with Gasteiger partial charge in [-0.3, -0.25) is 4.79 Å². The second-order valence-electron chi connectivity index (χ2n) is 4.05. The first-order valence-corrected chi connectivity index (χ1v) is 7.01. The minimum absolute atomic E-state index is 0.265. The molecule has 104 valence electrons. The Balaban J connectivity index is 2.21. The van der Waals surface area contributed by atoms with E-state index in [0.717, 1.165) is 16.3 Å². The number of ether oxygens (including phenoxy) is 2. The van der Waals surface area contributed by atoms with E-state index in [0.29, 0.717) is 22.1 Å². The zero-order valence-electron chi connectivity index (χ0n) is 10.7. The van der Waals surface area contributed by atoms with Crippen molar-refractivity contribution in [3.63, 3.8) is 0 Å². The summed E-state index contributed by atoms with van der Waals surface area (Å²) in [4.78, 5) is 10.8. The molecular formula is C15H12BrClO3. The average molecular weight is 356 g/mol. The average Bonchev–Trinajstić information content (AvgIpc) is 2.47. The van der Waals surface area contributed by atoms with Gasteiger partial charge in [-0.1, -0.05) is 27.5 Å². The van der Waals surface area contributed by atoms with Crippen molar-refractivity contribution in [1.29, 1.82) is 0 Å². The molecule has 5 heteroatoms. The zero-order valence-corrected chi connectivity index (χ0v) is 13.1. The van der Waals surface area contributed by atoms with E-state index >= 15 is 0 Å². The lowest BCUT2D eigenvalue weighted by Crippen LogP contribution is -2.00. The fourth-order valence-electron chi connectivity index (χ4n) is 1.73. The van der Waals surface area contributed by atoms with E-state index in [4.69, 9.17) is 21.1 Å². The van der Waals surface area contributed by atoms with Crippen molar-refractivity contribution in [2.75, 3.05) is 7.11 Å². The Kier molecular flexibility index (Phi) is 5.04. The first kappa shape index (κ1) is 14.9. The molecule has 0 saturated heterocycles. The summed E-state index contributed by atoms with van der Waals surface area (Å²) in [6.45, 7) is 0.265. The highest BCUT2D eigenvalue weighted by Crippen LogP contribution is 2.29. The molecule has 0 aliphatic rings. The van der Waals surface area contributed by atoms with Gasteiger partial charge in [-0.15, -0.1) is 0 Å². The van der Waals surface area contributed by atoms with Crippen LogP contribution in [0.15, 0.2) is 40.9 Å². The van der Waals surface area contributed by atoms with E-state index in [1.165, 1.54) is 0 Å².